The van der Waals surface area contributed by atoms with Crippen LogP contribution in [0.1, 0.15) is 12.0 Å². The zero-order valence-corrected chi connectivity index (χ0v) is 17.5. The molecule has 0 bridgehead atoms. The molecule has 0 radical (unpaired) electrons. The van der Waals surface area contributed by atoms with Gasteiger partial charge in [0.2, 0.25) is 15.9 Å². The van der Waals surface area contributed by atoms with Crippen LogP contribution in [0.15, 0.2) is 64.4 Å². The van der Waals surface area contributed by atoms with Crippen LogP contribution in [0.25, 0.3) is 6.08 Å². The molecule has 0 saturated carbocycles. The van der Waals surface area contributed by atoms with Crippen molar-refractivity contribution in [3.63, 3.8) is 0 Å². The minimum Gasteiger partial charge on any atom is -0.326 e. The van der Waals surface area contributed by atoms with Crippen LogP contribution in [0, 0.1) is 0 Å². The number of anilines is 1. The molecular weight excluding hydrogens is 430 g/mol. The van der Waals surface area contributed by atoms with Gasteiger partial charge in [0.15, 0.2) is 0 Å². The highest BCUT2D eigenvalue weighted by molar-refractivity contribution is 8.26. The molecule has 0 aliphatic carbocycles. The Hall–Kier alpha value is -2.53. The number of nitrogens with zero attached hydrogens (tertiary/aromatic N) is 1. The van der Waals surface area contributed by atoms with Gasteiger partial charge in [0.05, 0.1) is 9.80 Å². The van der Waals surface area contributed by atoms with Gasteiger partial charge in [-0.3, -0.25) is 14.5 Å². The van der Waals surface area contributed by atoms with Crippen molar-refractivity contribution in [3.8, 4) is 0 Å². The molecule has 0 atom stereocenters. The summed E-state index contributed by atoms with van der Waals surface area (Å²) >= 11 is 6.47. The molecule has 2 amide bonds. The third kappa shape index (κ3) is 5.51. The Morgan fingerprint density at radius 3 is 2.41 bits per heavy atom. The van der Waals surface area contributed by atoms with E-state index in [0.717, 1.165) is 5.56 Å². The van der Waals surface area contributed by atoms with Gasteiger partial charge in [-0.2, -0.15) is 0 Å². The summed E-state index contributed by atoms with van der Waals surface area (Å²) in [6, 6.07) is 14.9. The van der Waals surface area contributed by atoms with E-state index in [1.165, 1.54) is 40.9 Å². The largest absolute Gasteiger partial charge is 0.326 e. The van der Waals surface area contributed by atoms with E-state index in [1.54, 1.807) is 6.08 Å². The standard InChI is InChI=1S/C19H17N3O4S3/c20-29(25,26)15-8-6-14(7-9-15)21-17(23)10-11-22-18(24)16(28-19(22)27)12-13-4-2-1-3-5-13/h1-9,12H,10-11H2,(H,21,23)(H2,20,25,26). The first-order valence-corrected chi connectivity index (χ1v) is 11.2. The van der Waals surface area contributed by atoms with Gasteiger partial charge in [-0.15, -0.1) is 0 Å². The molecule has 3 rings (SSSR count). The minimum absolute atomic E-state index is 0.0433. The Kier molecular flexibility index (Phi) is 6.48. The second-order valence-corrected chi connectivity index (χ2v) is 9.35. The fourth-order valence-corrected chi connectivity index (χ4v) is 4.38. The third-order valence-electron chi connectivity index (χ3n) is 4.00. The number of amides is 2. The molecule has 10 heteroatoms. The average Bonchev–Trinajstić information content (AvgIpc) is 2.93. The van der Waals surface area contributed by atoms with Crippen LogP contribution in [0.2, 0.25) is 0 Å². The SMILES string of the molecule is NS(=O)(=O)c1ccc(NC(=O)CCN2C(=O)C(=Cc3ccccc3)SC2=S)cc1. The van der Waals surface area contributed by atoms with E-state index >= 15 is 0 Å². The van der Waals surface area contributed by atoms with Crippen molar-refractivity contribution in [3.05, 3.63) is 65.1 Å². The fraction of sp³-hybridized carbons (Fsp3) is 0.105. The molecule has 7 nitrogen and oxygen atoms in total. The van der Waals surface area contributed by atoms with E-state index in [-0.39, 0.29) is 29.7 Å². The van der Waals surface area contributed by atoms with E-state index in [2.05, 4.69) is 5.32 Å². The highest BCUT2D eigenvalue weighted by Gasteiger charge is 2.32. The summed E-state index contributed by atoms with van der Waals surface area (Å²) in [6.45, 7) is 0.151. The Morgan fingerprint density at radius 2 is 1.79 bits per heavy atom. The quantitative estimate of drug-likeness (QED) is 0.520. The number of sulfonamides is 1. The Labute approximate surface area is 178 Å². The maximum Gasteiger partial charge on any atom is 0.266 e. The van der Waals surface area contributed by atoms with Crippen molar-refractivity contribution in [1.29, 1.82) is 0 Å². The lowest BCUT2D eigenvalue weighted by molar-refractivity contribution is -0.122. The molecule has 2 aromatic carbocycles. The van der Waals surface area contributed by atoms with Crippen LogP contribution in [-0.2, 0) is 19.6 Å². The number of carbonyl (C=O) groups is 2. The van der Waals surface area contributed by atoms with Gasteiger partial charge in [0, 0.05) is 18.7 Å². The molecule has 1 aliphatic rings. The summed E-state index contributed by atoms with van der Waals surface area (Å²) < 4.78 is 22.9. The maximum absolute atomic E-state index is 12.6. The average molecular weight is 448 g/mol. The highest BCUT2D eigenvalue weighted by atomic mass is 32.2. The zero-order chi connectivity index (χ0) is 21.0. The van der Waals surface area contributed by atoms with E-state index < -0.39 is 10.0 Å². The predicted octanol–water partition coefficient (Wildman–Crippen LogP) is 2.56. The number of hydrogen-bond donors (Lipinski definition) is 2. The molecular formula is C19H17N3O4S3. The molecule has 1 aliphatic heterocycles. The molecule has 2 aromatic rings. The third-order valence-corrected chi connectivity index (χ3v) is 6.31. The summed E-state index contributed by atoms with van der Waals surface area (Å²) in [4.78, 5) is 26.6. The van der Waals surface area contributed by atoms with Crippen LogP contribution in [-0.4, -0.2) is 36.0 Å². The minimum atomic E-state index is -3.79. The number of thioether (sulfide) groups is 1. The number of rotatable bonds is 6. The molecule has 29 heavy (non-hydrogen) atoms. The first-order valence-electron chi connectivity index (χ1n) is 8.47. The fourth-order valence-electron chi connectivity index (χ4n) is 2.56. The normalized spacial score (nSPS) is 15.8. The number of hydrogen-bond acceptors (Lipinski definition) is 6. The molecule has 0 spiro atoms. The Bertz CT molecular complexity index is 1080. The van der Waals surface area contributed by atoms with E-state index in [4.69, 9.17) is 17.4 Å². The van der Waals surface area contributed by atoms with Crippen molar-refractivity contribution in [2.75, 3.05) is 11.9 Å². The molecule has 1 heterocycles. The van der Waals surface area contributed by atoms with Crippen molar-refractivity contribution >= 4 is 61.9 Å². The first-order chi connectivity index (χ1) is 13.7. The lowest BCUT2D eigenvalue weighted by atomic mass is 10.2. The van der Waals surface area contributed by atoms with Crippen LogP contribution in [0.3, 0.4) is 0 Å². The first kappa shape index (κ1) is 21.2. The Balaban J connectivity index is 1.58. The monoisotopic (exact) mass is 447 g/mol. The Morgan fingerprint density at radius 1 is 1.14 bits per heavy atom. The van der Waals surface area contributed by atoms with Crippen LogP contribution >= 0.6 is 24.0 Å². The second-order valence-electron chi connectivity index (χ2n) is 6.11. The highest BCUT2D eigenvalue weighted by Crippen LogP contribution is 2.32. The molecule has 150 valence electrons. The summed E-state index contributed by atoms with van der Waals surface area (Å²) in [6.07, 6.45) is 1.81. The van der Waals surface area contributed by atoms with Gasteiger partial charge in [0.1, 0.15) is 4.32 Å². The summed E-state index contributed by atoms with van der Waals surface area (Å²) in [7, 11) is -3.79. The maximum atomic E-state index is 12.6. The van der Waals surface area contributed by atoms with Crippen LogP contribution in [0.5, 0.6) is 0 Å². The van der Waals surface area contributed by atoms with Crippen molar-refractivity contribution in [2.45, 2.75) is 11.3 Å². The lowest BCUT2D eigenvalue weighted by Crippen LogP contribution is -2.31. The van der Waals surface area contributed by atoms with Crippen molar-refractivity contribution < 1.29 is 18.0 Å². The summed E-state index contributed by atoms with van der Waals surface area (Å²) in [5.74, 6) is -0.552. The number of benzene rings is 2. The topological polar surface area (TPSA) is 110 Å². The predicted molar refractivity (Wildman–Crippen MR) is 117 cm³/mol. The lowest BCUT2D eigenvalue weighted by Gasteiger charge is -2.14. The van der Waals surface area contributed by atoms with Gasteiger partial charge < -0.3 is 5.32 Å². The van der Waals surface area contributed by atoms with Gasteiger partial charge in [0.25, 0.3) is 5.91 Å². The van der Waals surface area contributed by atoms with E-state index in [0.29, 0.717) is 14.9 Å². The summed E-state index contributed by atoms with van der Waals surface area (Å²) in [5.41, 5.74) is 1.32. The number of nitrogens with two attached hydrogens (primary N) is 1. The number of carbonyl (C=O) groups excluding carboxylic acids is 2. The second kappa shape index (κ2) is 8.87. The number of nitrogens with one attached hydrogen (secondary N) is 1. The molecule has 1 saturated heterocycles. The van der Waals surface area contributed by atoms with Crippen molar-refractivity contribution in [2.24, 2.45) is 5.14 Å². The number of primary sulfonamides is 1. The molecule has 1 fully saturated rings. The molecule has 0 aromatic heterocycles. The van der Waals surface area contributed by atoms with Gasteiger partial charge in [-0.1, -0.05) is 54.3 Å². The van der Waals surface area contributed by atoms with Crippen LogP contribution < -0.4 is 10.5 Å². The van der Waals surface area contributed by atoms with Crippen LogP contribution in [0.4, 0.5) is 5.69 Å². The zero-order valence-electron chi connectivity index (χ0n) is 15.1. The van der Waals surface area contributed by atoms with Gasteiger partial charge in [-0.05, 0) is 35.9 Å². The summed E-state index contributed by atoms with van der Waals surface area (Å²) in [5, 5.41) is 7.69. The number of thiocarbonyl (C=S) groups is 1. The van der Waals surface area contributed by atoms with E-state index in [1.807, 2.05) is 30.3 Å². The molecule has 3 N–H and O–H groups in total. The molecule has 0 unspecified atom stereocenters. The smallest absolute Gasteiger partial charge is 0.266 e. The van der Waals surface area contributed by atoms with Gasteiger partial charge >= 0.3 is 0 Å². The van der Waals surface area contributed by atoms with Gasteiger partial charge in [-0.25, -0.2) is 13.6 Å². The van der Waals surface area contributed by atoms with Crippen molar-refractivity contribution in [1.82, 2.24) is 4.90 Å². The van der Waals surface area contributed by atoms with E-state index in [9.17, 15) is 18.0 Å².